The predicted octanol–water partition coefficient (Wildman–Crippen LogP) is 4.86. The number of nitrogens with one attached hydrogen (secondary N) is 1. The third-order valence-corrected chi connectivity index (χ3v) is 6.09. The molecule has 1 amide bonds. The highest BCUT2D eigenvalue weighted by Gasteiger charge is 2.15. The van der Waals surface area contributed by atoms with Crippen LogP contribution in [-0.4, -0.2) is 10.5 Å². The second-order valence-corrected chi connectivity index (χ2v) is 8.28. The number of amides is 1. The first-order chi connectivity index (χ1) is 15.5. The van der Waals surface area contributed by atoms with Crippen LogP contribution >= 0.6 is 11.3 Å². The molecule has 0 unspecified atom stereocenters. The summed E-state index contributed by atoms with van der Waals surface area (Å²) in [5.74, 6) is -0.0691. The van der Waals surface area contributed by atoms with Gasteiger partial charge in [0.05, 0.1) is 4.88 Å². The van der Waals surface area contributed by atoms with Crippen LogP contribution in [0.2, 0.25) is 0 Å². The molecule has 1 N–H and O–H groups in total. The van der Waals surface area contributed by atoms with E-state index >= 15 is 0 Å². The number of aromatic nitrogens is 1. The number of hydrogen-bond acceptors (Lipinski definition) is 4. The fourth-order valence-corrected chi connectivity index (χ4v) is 4.23. The lowest BCUT2D eigenvalue weighted by atomic mass is 10.2. The highest BCUT2D eigenvalue weighted by atomic mass is 32.1. The molecule has 162 valence electrons. The summed E-state index contributed by atoms with van der Waals surface area (Å²) in [5.41, 5.74) is 2.35. The van der Waals surface area contributed by atoms with Crippen LogP contribution in [0, 0.1) is 12.7 Å². The van der Waals surface area contributed by atoms with Gasteiger partial charge in [0.15, 0.2) is 0 Å². The van der Waals surface area contributed by atoms with Gasteiger partial charge in [-0.05, 0) is 47.9 Å². The summed E-state index contributed by atoms with van der Waals surface area (Å²) in [6.07, 6.45) is 1.65. The van der Waals surface area contributed by atoms with Crippen molar-refractivity contribution < 1.29 is 13.9 Å². The molecule has 0 aliphatic rings. The molecule has 0 saturated carbocycles. The largest absolute Gasteiger partial charge is 0.489 e. The monoisotopic (exact) mass is 448 g/mol. The maximum Gasteiger partial charge on any atom is 0.261 e. The SMILES string of the molecule is Cc1cc(-n2ccc(OCc3ccccc3)cc2=O)sc1C(=O)NCc1ccc(F)cc1. The maximum absolute atomic E-state index is 13.0. The molecule has 0 atom stereocenters. The van der Waals surface area contributed by atoms with E-state index in [-0.39, 0.29) is 17.3 Å². The van der Waals surface area contributed by atoms with Crippen molar-refractivity contribution >= 4 is 17.2 Å². The minimum atomic E-state index is -0.319. The molecule has 2 aromatic heterocycles. The van der Waals surface area contributed by atoms with Crippen LogP contribution in [0.15, 0.2) is 83.8 Å². The molecule has 2 heterocycles. The summed E-state index contributed by atoms with van der Waals surface area (Å²) in [7, 11) is 0. The average Bonchev–Trinajstić information content (AvgIpc) is 3.19. The molecular formula is C25H21FN2O3S. The summed E-state index contributed by atoms with van der Waals surface area (Å²) >= 11 is 1.24. The van der Waals surface area contributed by atoms with Crippen LogP contribution < -0.4 is 15.6 Å². The Balaban J connectivity index is 1.44. The Kier molecular flexibility index (Phi) is 6.47. The average molecular weight is 449 g/mol. The van der Waals surface area contributed by atoms with Gasteiger partial charge in [-0.3, -0.25) is 14.2 Å². The van der Waals surface area contributed by atoms with E-state index in [0.717, 1.165) is 16.7 Å². The molecule has 2 aromatic carbocycles. The third kappa shape index (κ3) is 5.12. The van der Waals surface area contributed by atoms with Gasteiger partial charge >= 0.3 is 0 Å². The first-order valence-electron chi connectivity index (χ1n) is 10.0. The zero-order valence-electron chi connectivity index (χ0n) is 17.4. The maximum atomic E-state index is 13.0. The van der Waals surface area contributed by atoms with E-state index in [1.165, 1.54) is 34.1 Å². The van der Waals surface area contributed by atoms with Crippen molar-refractivity contribution in [2.75, 3.05) is 0 Å². The standard InChI is InChI=1S/C25H21FN2O3S/c1-17-13-23(32-24(17)25(30)27-15-18-7-9-20(26)10-8-18)28-12-11-21(14-22(28)29)31-16-19-5-3-2-4-6-19/h2-14H,15-16H2,1H3,(H,27,30). The minimum Gasteiger partial charge on any atom is -0.489 e. The zero-order valence-corrected chi connectivity index (χ0v) is 18.2. The third-order valence-electron chi connectivity index (χ3n) is 4.85. The Hall–Kier alpha value is -3.71. The molecule has 0 saturated heterocycles. The number of pyridine rings is 1. The van der Waals surface area contributed by atoms with Crippen molar-refractivity contribution in [2.45, 2.75) is 20.1 Å². The second-order valence-electron chi connectivity index (χ2n) is 7.25. The molecule has 0 radical (unpaired) electrons. The number of aryl methyl sites for hydroxylation is 1. The van der Waals surface area contributed by atoms with Crippen LogP contribution in [0.25, 0.3) is 5.00 Å². The van der Waals surface area contributed by atoms with Gasteiger partial charge in [0.1, 0.15) is 23.2 Å². The molecule has 0 aliphatic heterocycles. The van der Waals surface area contributed by atoms with Crippen molar-refractivity contribution in [3.8, 4) is 10.8 Å². The quantitative estimate of drug-likeness (QED) is 0.439. The molecule has 5 nitrogen and oxygen atoms in total. The van der Waals surface area contributed by atoms with Gasteiger partial charge in [-0.2, -0.15) is 0 Å². The van der Waals surface area contributed by atoms with E-state index in [1.54, 1.807) is 24.4 Å². The van der Waals surface area contributed by atoms with E-state index in [0.29, 0.717) is 28.8 Å². The number of carbonyl (C=O) groups is 1. The zero-order chi connectivity index (χ0) is 22.5. The molecule has 0 fully saturated rings. The Morgan fingerprint density at radius 3 is 2.50 bits per heavy atom. The van der Waals surface area contributed by atoms with Crippen LogP contribution in [0.5, 0.6) is 5.75 Å². The fourth-order valence-electron chi connectivity index (χ4n) is 3.15. The lowest BCUT2D eigenvalue weighted by Gasteiger charge is -2.08. The van der Waals surface area contributed by atoms with Crippen LogP contribution in [0.4, 0.5) is 4.39 Å². The molecule has 32 heavy (non-hydrogen) atoms. The fraction of sp³-hybridized carbons (Fsp3) is 0.120. The van der Waals surface area contributed by atoms with Crippen molar-refractivity contribution in [3.63, 3.8) is 0 Å². The summed E-state index contributed by atoms with van der Waals surface area (Å²) < 4.78 is 20.2. The topological polar surface area (TPSA) is 60.3 Å². The van der Waals surface area contributed by atoms with E-state index in [1.807, 2.05) is 43.3 Å². The van der Waals surface area contributed by atoms with Gasteiger partial charge in [-0.15, -0.1) is 11.3 Å². The van der Waals surface area contributed by atoms with Crippen molar-refractivity contribution in [2.24, 2.45) is 0 Å². The lowest BCUT2D eigenvalue weighted by Crippen LogP contribution is -2.22. The normalized spacial score (nSPS) is 10.7. The highest BCUT2D eigenvalue weighted by Crippen LogP contribution is 2.25. The minimum absolute atomic E-state index is 0.237. The Bertz CT molecular complexity index is 1280. The molecular weight excluding hydrogens is 427 g/mol. The van der Waals surface area contributed by atoms with Crippen LogP contribution in [0.3, 0.4) is 0 Å². The van der Waals surface area contributed by atoms with Crippen molar-refractivity contribution in [3.05, 3.63) is 117 Å². The second kappa shape index (κ2) is 9.62. The number of nitrogens with zero attached hydrogens (tertiary/aromatic N) is 1. The molecule has 4 rings (SSSR count). The molecule has 0 spiro atoms. The number of thiophene rings is 1. The molecule has 0 aliphatic carbocycles. The Morgan fingerprint density at radius 2 is 1.78 bits per heavy atom. The first kappa shape index (κ1) is 21.5. The number of carbonyl (C=O) groups excluding carboxylic acids is 1. The summed E-state index contributed by atoms with van der Waals surface area (Å²) in [5, 5.41) is 3.49. The van der Waals surface area contributed by atoms with E-state index < -0.39 is 0 Å². The molecule has 4 aromatic rings. The predicted molar refractivity (Wildman–Crippen MR) is 123 cm³/mol. The van der Waals surface area contributed by atoms with Gasteiger partial charge < -0.3 is 10.1 Å². The lowest BCUT2D eigenvalue weighted by molar-refractivity contribution is 0.0954. The number of ether oxygens (including phenoxy) is 1. The van der Waals surface area contributed by atoms with Gasteiger partial charge in [0.2, 0.25) is 0 Å². The molecule has 0 bridgehead atoms. The van der Waals surface area contributed by atoms with E-state index in [9.17, 15) is 14.0 Å². The van der Waals surface area contributed by atoms with E-state index in [4.69, 9.17) is 4.74 Å². The van der Waals surface area contributed by atoms with Crippen molar-refractivity contribution in [1.29, 1.82) is 0 Å². The summed E-state index contributed by atoms with van der Waals surface area (Å²) in [6.45, 7) is 2.50. The Morgan fingerprint density at radius 1 is 1.03 bits per heavy atom. The highest BCUT2D eigenvalue weighted by molar-refractivity contribution is 7.16. The van der Waals surface area contributed by atoms with Gasteiger partial charge in [0.25, 0.3) is 11.5 Å². The first-order valence-corrected chi connectivity index (χ1v) is 10.8. The van der Waals surface area contributed by atoms with Gasteiger partial charge in [-0.25, -0.2) is 4.39 Å². The molecule has 7 heteroatoms. The van der Waals surface area contributed by atoms with Crippen molar-refractivity contribution in [1.82, 2.24) is 9.88 Å². The number of benzene rings is 2. The summed E-state index contributed by atoms with van der Waals surface area (Å²) in [6, 6.07) is 20.7. The van der Waals surface area contributed by atoms with Gasteiger partial charge in [0, 0.05) is 18.8 Å². The number of halogens is 1. The van der Waals surface area contributed by atoms with E-state index in [2.05, 4.69) is 5.32 Å². The van der Waals surface area contributed by atoms with Crippen LogP contribution in [-0.2, 0) is 13.2 Å². The number of hydrogen-bond donors (Lipinski definition) is 1. The summed E-state index contributed by atoms with van der Waals surface area (Å²) in [4.78, 5) is 25.8. The Labute approximate surface area is 188 Å². The van der Waals surface area contributed by atoms with Crippen LogP contribution in [0.1, 0.15) is 26.4 Å². The number of rotatable bonds is 7. The smallest absolute Gasteiger partial charge is 0.261 e. The van der Waals surface area contributed by atoms with Gasteiger partial charge in [-0.1, -0.05) is 42.5 Å².